The number of rotatable bonds is 4. The largest absolute Gasteiger partial charge is 0.309 e. The van der Waals surface area contributed by atoms with Crippen LogP contribution in [0.1, 0.15) is 0 Å². The highest BCUT2D eigenvalue weighted by molar-refractivity contribution is 7.26. The fourth-order valence-electron chi connectivity index (χ4n) is 9.34. The normalized spacial score (nSPS) is 12.0. The van der Waals surface area contributed by atoms with Crippen molar-refractivity contribution in [3.63, 3.8) is 0 Å². The molecule has 0 atom stereocenters. The van der Waals surface area contributed by atoms with E-state index in [1.54, 1.807) is 11.3 Å². The summed E-state index contributed by atoms with van der Waals surface area (Å²) in [6.45, 7) is 0. The van der Waals surface area contributed by atoms with Crippen molar-refractivity contribution in [2.45, 2.75) is 0 Å². The fourth-order valence-corrected chi connectivity index (χ4v) is 10.5. The van der Waals surface area contributed by atoms with Gasteiger partial charge in [-0.2, -0.15) is 0 Å². The maximum absolute atomic E-state index is 5.39. The molecule has 0 spiro atoms. The summed E-state index contributed by atoms with van der Waals surface area (Å²) < 4.78 is 4.83. The molecule has 0 N–H and O–H groups in total. The minimum atomic E-state index is 0.642. The standard InChI is InChI=1S/C55H32N4S/c1-3-15-37-29-39(23-21-33(37)11-1)53-56-54(40-24-22-34-12-2-4-16-38(34)30-40)58-55(57-53)46-32-41(31-45-44-19-9-10-20-49(44)60-52(45)46)59-47-27-25-35-13-5-7-17-42(35)50(47)51-43-18-8-6-14-36(43)26-28-48(51)59/h1-32H. The first-order valence-corrected chi connectivity index (χ1v) is 21.1. The highest BCUT2D eigenvalue weighted by atomic mass is 32.1. The van der Waals surface area contributed by atoms with E-state index in [0.29, 0.717) is 17.5 Å². The van der Waals surface area contributed by atoms with Gasteiger partial charge in [-0.15, -0.1) is 11.3 Å². The first-order valence-electron chi connectivity index (χ1n) is 20.3. The Bertz CT molecular complexity index is 3720. The Morgan fingerprint density at radius 2 is 0.817 bits per heavy atom. The molecule has 5 heteroatoms. The van der Waals surface area contributed by atoms with Crippen LogP contribution in [-0.2, 0) is 0 Å². The number of aromatic nitrogens is 4. The van der Waals surface area contributed by atoms with Gasteiger partial charge in [0.15, 0.2) is 17.5 Å². The summed E-state index contributed by atoms with van der Waals surface area (Å²) >= 11 is 1.80. The summed E-state index contributed by atoms with van der Waals surface area (Å²) in [5.41, 5.74) is 6.26. The van der Waals surface area contributed by atoms with Gasteiger partial charge in [-0.25, -0.2) is 15.0 Å². The zero-order chi connectivity index (χ0) is 39.3. The minimum absolute atomic E-state index is 0.642. The van der Waals surface area contributed by atoms with Crippen LogP contribution >= 0.6 is 11.3 Å². The quantitative estimate of drug-likeness (QED) is 0.179. The zero-order valence-corrected chi connectivity index (χ0v) is 33.0. The molecule has 4 nitrogen and oxygen atoms in total. The summed E-state index contributed by atoms with van der Waals surface area (Å²) in [5.74, 6) is 1.93. The minimum Gasteiger partial charge on any atom is -0.309 e. The van der Waals surface area contributed by atoms with Crippen LogP contribution in [0.3, 0.4) is 0 Å². The monoisotopic (exact) mass is 780 g/mol. The van der Waals surface area contributed by atoms with Crippen LogP contribution in [-0.4, -0.2) is 19.5 Å². The molecule has 13 rings (SSSR count). The van der Waals surface area contributed by atoms with Gasteiger partial charge in [-0.05, 0) is 85.6 Å². The van der Waals surface area contributed by atoms with Crippen molar-refractivity contribution in [2.75, 3.05) is 0 Å². The average Bonchev–Trinajstić information content (AvgIpc) is 3.87. The van der Waals surface area contributed by atoms with E-state index in [-0.39, 0.29) is 0 Å². The average molecular weight is 781 g/mol. The van der Waals surface area contributed by atoms with Crippen molar-refractivity contribution in [1.29, 1.82) is 0 Å². The molecule has 0 bridgehead atoms. The number of fused-ring (bicyclic) bond motifs is 12. The second kappa shape index (κ2) is 12.9. The summed E-state index contributed by atoms with van der Waals surface area (Å²) in [7, 11) is 0. The zero-order valence-electron chi connectivity index (χ0n) is 32.2. The topological polar surface area (TPSA) is 43.6 Å². The molecule has 0 amide bonds. The van der Waals surface area contributed by atoms with Gasteiger partial charge in [0.05, 0.1) is 11.0 Å². The fraction of sp³-hybridized carbons (Fsp3) is 0. The van der Waals surface area contributed by atoms with E-state index in [1.165, 1.54) is 58.6 Å². The van der Waals surface area contributed by atoms with E-state index in [1.807, 2.05) is 0 Å². The van der Waals surface area contributed by atoms with Crippen LogP contribution in [0, 0.1) is 0 Å². The van der Waals surface area contributed by atoms with E-state index in [0.717, 1.165) is 48.9 Å². The van der Waals surface area contributed by atoms with Gasteiger partial charge < -0.3 is 4.57 Å². The third kappa shape index (κ3) is 5.06. The van der Waals surface area contributed by atoms with Gasteiger partial charge in [-0.1, -0.05) is 152 Å². The van der Waals surface area contributed by atoms with E-state index in [4.69, 9.17) is 15.0 Å². The lowest BCUT2D eigenvalue weighted by atomic mass is 10.00. The third-order valence-electron chi connectivity index (χ3n) is 12.2. The molecule has 0 aliphatic carbocycles. The molecule has 60 heavy (non-hydrogen) atoms. The number of hydrogen-bond donors (Lipinski definition) is 0. The molecule has 3 aromatic heterocycles. The number of hydrogen-bond acceptors (Lipinski definition) is 4. The van der Waals surface area contributed by atoms with Crippen molar-refractivity contribution < 1.29 is 0 Å². The molecule has 0 unspecified atom stereocenters. The van der Waals surface area contributed by atoms with Gasteiger partial charge in [0.2, 0.25) is 0 Å². The van der Waals surface area contributed by atoms with Crippen LogP contribution in [0.25, 0.3) is 125 Å². The van der Waals surface area contributed by atoms with Crippen LogP contribution < -0.4 is 0 Å². The molecule has 0 saturated carbocycles. The van der Waals surface area contributed by atoms with E-state index in [9.17, 15) is 0 Å². The predicted octanol–water partition coefficient (Wildman–Crippen LogP) is 15.0. The maximum atomic E-state index is 5.39. The Morgan fingerprint density at radius 1 is 0.350 bits per heavy atom. The summed E-state index contributed by atoms with van der Waals surface area (Å²) in [4.78, 5) is 16.0. The molecule has 0 radical (unpaired) electrons. The Balaban J connectivity index is 1.14. The molecular formula is C55H32N4S. The molecule has 0 aliphatic heterocycles. The molecule has 0 saturated heterocycles. The van der Waals surface area contributed by atoms with Gasteiger partial charge in [-0.3, -0.25) is 0 Å². The maximum Gasteiger partial charge on any atom is 0.165 e. The van der Waals surface area contributed by atoms with E-state index >= 15 is 0 Å². The second-order valence-corrected chi connectivity index (χ2v) is 16.6. The first-order chi connectivity index (χ1) is 29.7. The van der Waals surface area contributed by atoms with Gasteiger partial charge in [0.25, 0.3) is 0 Å². The molecule has 278 valence electrons. The Morgan fingerprint density at radius 3 is 1.40 bits per heavy atom. The third-order valence-corrected chi connectivity index (χ3v) is 13.4. The van der Waals surface area contributed by atoms with Crippen molar-refractivity contribution in [2.24, 2.45) is 0 Å². The highest BCUT2D eigenvalue weighted by Gasteiger charge is 2.22. The molecule has 0 fully saturated rings. The van der Waals surface area contributed by atoms with Crippen molar-refractivity contribution in [1.82, 2.24) is 19.5 Å². The van der Waals surface area contributed by atoms with E-state index in [2.05, 4.69) is 199 Å². The number of benzene rings is 10. The van der Waals surface area contributed by atoms with Crippen molar-refractivity contribution in [3.05, 3.63) is 194 Å². The van der Waals surface area contributed by atoms with Crippen molar-refractivity contribution >= 4 is 96.4 Å². The Kier molecular flexibility index (Phi) is 7.14. The van der Waals surface area contributed by atoms with Gasteiger partial charge in [0.1, 0.15) is 0 Å². The molecule has 3 heterocycles. The molecule has 13 aromatic rings. The predicted molar refractivity (Wildman–Crippen MR) is 253 cm³/mol. The van der Waals surface area contributed by atoms with Crippen LogP contribution in [0.15, 0.2) is 194 Å². The Hall–Kier alpha value is -7.73. The van der Waals surface area contributed by atoms with Crippen LogP contribution in [0.5, 0.6) is 0 Å². The van der Waals surface area contributed by atoms with Crippen LogP contribution in [0.2, 0.25) is 0 Å². The van der Waals surface area contributed by atoms with Gasteiger partial charge in [0, 0.05) is 53.3 Å². The molecular weight excluding hydrogens is 749 g/mol. The SMILES string of the molecule is c1ccc2cc(-c3nc(-c4ccc5ccccc5c4)nc(-c4cc(-n5c6ccc7ccccc7c6c6c7ccccc7ccc65)cc5c4sc4ccccc45)n3)ccc2c1. The second-order valence-electron chi connectivity index (χ2n) is 15.6. The highest BCUT2D eigenvalue weighted by Crippen LogP contribution is 2.45. The molecule has 10 aromatic carbocycles. The first kappa shape index (κ1) is 33.3. The van der Waals surface area contributed by atoms with Crippen LogP contribution in [0.4, 0.5) is 0 Å². The molecule has 0 aliphatic rings. The summed E-state index contributed by atoms with van der Waals surface area (Å²) in [5, 5.41) is 14.5. The lowest BCUT2D eigenvalue weighted by Crippen LogP contribution is -2.01. The smallest absolute Gasteiger partial charge is 0.165 e. The lowest BCUT2D eigenvalue weighted by molar-refractivity contribution is 1.08. The Labute approximate surface area is 348 Å². The number of nitrogens with zero attached hydrogens (tertiary/aromatic N) is 4. The lowest BCUT2D eigenvalue weighted by Gasteiger charge is -2.14. The summed E-state index contributed by atoms with van der Waals surface area (Å²) in [6.07, 6.45) is 0. The summed E-state index contributed by atoms with van der Waals surface area (Å²) in [6, 6.07) is 69.8. The number of thiophene rings is 1. The van der Waals surface area contributed by atoms with Crippen molar-refractivity contribution in [3.8, 4) is 39.9 Å². The van der Waals surface area contributed by atoms with Gasteiger partial charge >= 0.3 is 0 Å². The van der Waals surface area contributed by atoms with E-state index < -0.39 is 0 Å².